The summed E-state index contributed by atoms with van der Waals surface area (Å²) < 4.78 is 5.33. The van der Waals surface area contributed by atoms with E-state index < -0.39 is 17.6 Å². The van der Waals surface area contributed by atoms with Crippen LogP contribution >= 0.6 is 0 Å². The van der Waals surface area contributed by atoms with Crippen LogP contribution in [0.15, 0.2) is 39.5 Å². The number of amides is 1. The molecule has 2 aromatic carbocycles. The molecule has 4 rings (SSSR count). The monoisotopic (exact) mass is 494 g/mol. The molecule has 0 bridgehead atoms. The number of aliphatic carboxylic acids is 1. The van der Waals surface area contributed by atoms with Gasteiger partial charge in [0.15, 0.2) is 0 Å². The van der Waals surface area contributed by atoms with Crippen LogP contribution in [0.25, 0.3) is 10.9 Å². The lowest BCUT2D eigenvalue weighted by molar-refractivity contribution is -0.138. The first kappa shape index (κ1) is 25.2. The van der Waals surface area contributed by atoms with Crippen molar-refractivity contribution < 1.29 is 24.2 Å². The lowest BCUT2D eigenvalue weighted by Crippen LogP contribution is -2.35. The Morgan fingerprint density at radius 3 is 2.56 bits per heavy atom. The van der Waals surface area contributed by atoms with Crippen LogP contribution in [0.4, 0.5) is 6.01 Å². The number of carbonyl (C=O) groups is 2. The maximum Gasteiger partial charge on any atom is 0.348 e. The number of likely N-dealkylation sites (tertiary alicyclic amines) is 1. The topological polar surface area (TPSA) is 145 Å². The molecular formula is C26H30N4O6. The highest BCUT2D eigenvalue weighted by Gasteiger charge is 2.22. The van der Waals surface area contributed by atoms with Gasteiger partial charge in [-0.25, -0.2) is 9.59 Å². The van der Waals surface area contributed by atoms with Crippen molar-refractivity contribution in [3.05, 3.63) is 63.0 Å². The van der Waals surface area contributed by atoms with Gasteiger partial charge in [0.1, 0.15) is 11.8 Å². The molecule has 10 heteroatoms. The number of carboxylic acid groups (broad SMARTS) is 1. The zero-order valence-electron chi connectivity index (χ0n) is 20.3. The van der Waals surface area contributed by atoms with Gasteiger partial charge >= 0.3 is 11.6 Å². The second kappa shape index (κ2) is 10.8. The maximum absolute atomic E-state index is 12.8. The number of benzene rings is 2. The molecule has 0 radical (unpaired) electrons. The van der Waals surface area contributed by atoms with E-state index in [4.69, 9.17) is 4.42 Å². The summed E-state index contributed by atoms with van der Waals surface area (Å²) in [6.07, 6.45) is 2.32. The number of aromatic hydroxyl groups is 1. The molecule has 0 saturated carbocycles. The minimum Gasteiger partial charge on any atom is -0.508 e. The number of phenols is 1. The molecule has 0 unspecified atom stereocenters. The lowest BCUT2D eigenvalue weighted by atomic mass is 10.0. The van der Waals surface area contributed by atoms with Crippen LogP contribution in [0.3, 0.4) is 0 Å². The third-order valence-electron chi connectivity index (χ3n) is 6.56. The molecule has 0 spiro atoms. The molecule has 1 amide bonds. The van der Waals surface area contributed by atoms with E-state index in [0.717, 1.165) is 42.6 Å². The fraction of sp³-hybridized carbons (Fsp3) is 0.385. The van der Waals surface area contributed by atoms with Gasteiger partial charge in [0.2, 0.25) is 5.91 Å². The third-order valence-corrected chi connectivity index (χ3v) is 6.56. The van der Waals surface area contributed by atoms with Crippen LogP contribution in [0.1, 0.15) is 35.1 Å². The van der Waals surface area contributed by atoms with E-state index in [1.807, 2.05) is 0 Å². The number of hydrogen-bond acceptors (Lipinski definition) is 8. The Bertz CT molecular complexity index is 1350. The average molecular weight is 495 g/mol. The van der Waals surface area contributed by atoms with Crippen LogP contribution < -0.4 is 16.3 Å². The van der Waals surface area contributed by atoms with Crippen LogP contribution in [-0.4, -0.2) is 57.6 Å². The minimum absolute atomic E-state index is 0.0651. The molecule has 36 heavy (non-hydrogen) atoms. The summed E-state index contributed by atoms with van der Waals surface area (Å²) in [7, 11) is 0. The first-order chi connectivity index (χ1) is 17.2. The first-order valence-corrected chi connectivity index (χ1v) is 11.9. The number of aryl methyl sites for hydroxylation is 2. The second-order valence-electron chi connectivity index (χ2n) is 9.16. The number of anilines is 1. The summed E-state index contributed by atoms with van der Waals surface area (Å²) in [5.74, 6) is -1.10. The fourth-order valence-corrected chi connectivity index (χ4v) is 4.49. The number of phenolic OH excluding ortho intramolecular Hbond substituents is 1. The van der Waals surface area contributed by atoms with E-state index in [2.05, 4.69) is 20.5 Å². The number of rotatable bonds is 9. The van der Waals surface area contributed by atoms with E-state index in [1.165, 1.54) is 6.07 Å². The Labute approximate surface area is 208 Å². The normalized spacial score (nSPS) is 14.6. The zero-order chi connectivity index (χ0) is 25.8. The van der Waals surface area contributed by atoms with Gasteiger partial charge in [-0.2, -0.15) is 4.98 Å². The van der Waals surface area contributed by atoms with Crippen LogP contribution in [0.2, 0.25) is 0 Å². The van der Waals surface area contributed by atoms with Crippen molar-refractivity contribution in [2.45, 2.75) is 45.7 Å². The predicted octanol–water partition coefficient (Wildman–Crippen LogP) is 2.33. The highest BCUT2D eigenvalue weighted by Crippen LogP contribution is 2.21. The van der Waals surface area contributed by atoms with Gasteiger partial charge in [0.25, 0.3) is 6.01 Å². The number of hydrogen-bond donors (Lipinski definition) is 4. The van der Waals surface area contributed by atoms with Gasteiger partial charge in [0.05, 0.1) is 17.4 Å². The van der Waals surface area contributed by atoms with Crippen molar-refractivity contribution in [2.75, 3.05) is 25.0 Å². The Kier molecular flexibility index (Phi) is 7.54. The second-order valence-corrected chi connectivity index (χ2v) is 9.16. The summed E-state index contributed by atoms with van der Waals surface area (Å²) in [6.45, 7) is 6.05. The summed E-state index contributed by atoms with van der Waals surface area (Å²) in [6, 6.07) is 6.85. The van der Waals surface area contributed by atoms with Crippen molar-refractivity contribution in [1.82, 2.24) is 15.2 Å². The van der Waals surface area contributed by atoms with Gasteiger partial charge in [-0.1, -0.05) is 12.1 Å². The minimum atomic E-state index is -1.14. The van der Waals surface area contributed by atoms with Crippen LogP contribution in [-0.2, 0) is 22.6 Å². The lowest BCUT2D eigenvalue weighted by Gasteiger charge is -2.16. The van der Waals surface area contributed by atoms with E-state index in [0.29, 0.717) is 17.6 Å². The molecule has 1 aromatic heterocycles. The number of aromatic nitrogens is 1. The molecule has 0 aliphatic carbocycles. The molecule has 2 heterocycles. The SMILES string of the molecule is Cc1cc(O)ccc1C[C@H](Nc1nc2ccc(CNC(=O)CN3CCCC3)c(C)c2c(=O)o1)C(=O)O. The highest BCUT2D eigenvalue weighted by molar-refractivity contribution is 5.84. The Morgan fingerprint density at radius 2 is 1.86 bits per heavy atom. The maximum atomic E-state index is 12.8. The summed E-state index contributed by atoms with van der Waals surface area (Å²) >= 11 is 0. The molecular weight excluding hydrogens is 464 g/mol. The Hall–Kier alpha value is -3.92. The van der Waals surface area contributed by atoms with Gasteiger partial charge in [-0.3, -0.25) is 9.69 Å². The molecule has 1 saturated heterocycles. The van der Waals surface area contributed by atoms with Crippen molar-refractivity contribution in [3.63, 3.8) is 0 Å². The number of fused-ring (bicyclic) bond motifs is 1. The molecule has 1 aliphatic rings. The largest absolute Gasteiger partial charge is 0.508 e. The Morgan fingerprint density at radius 1 is 1.14 bits per heavy atom. The quantitative estimate of drug-likeness (QED) is 0.352. The number of nitrogens with zero attached hydrogens (tertiary/aromatic N) is 2. The molecule has 1 aliphatic heterocycles. The first-order valence-electron chi connectivity index (χ1n) is 11.9. The molecule has 1 fully saturated rings. The van der Waals surface area contributed by atoms with E-state index in [-0.39, 0.29) is 36.0 Å². The zero-order valence-corrected chi connectivity index (χ0v) is 20.3. The molecule has 3 aromatic rings. The van der Waals surface area contributed by atoms with E-state index in [9.17, 15) is 24.6 Å². The van der Waals surface area contributed by atoms with Gasteiger partial charge in [-0.05, 0) is 80.2 Å². The molecule has 4 N–H and O–H groups in total. The number of nitrogens with one attached hydrogen (secondary N) is 2. The molecule has 1 atom stereocenters. The van der Waals surface area contributed by atoms with Gasteiger partial charge in [0, 0.05) is 13.0 Å². The van der Waals surface area contributed by atoms with Crippen LogP contribution in [0.5, 0.6) is 5.75 Å². The predicted molar refractivity (Wildman–Crippen MR) is 134 cm³/mol. The standard InChI is InChI=1S/C26H30N4O6/c1-15-11-19(31)7-5-17(15)12-21(24(33)34)29-26-28-20-8-6-18(16(2)23(20)25(35)36-26)13-27-22(32)14-30-9-3-4-10-30/h5-8,11,21,31H,3-4,9-10,12-14H2,1-2H3,(H,27,32)(H,28,29)(H,33,34)/t21-/m0/s1. The van der Waals surface area contributed by atoms with Crippen molar-refractivity contribution in [1.29, 1.82) is 0 Å². The summed E-state index contributed by atoms with van der Waals surface area (Å²) in [4.78, 5) is 43.4. The molecule has 190 valence electrons. The van der Waals surface area contributed by atoms with Crippen LogP contribution in [0, 0.1) is 13.8 Å². The van der Waals surface area contributed by atoms with E-state index in [1.54, 1.807) is 38.1 Å². The van der Waals surface area contributed by atoms with Crippen molar-refractivity contribution in [3.8, 4) is 5.75 Å². The average Bonchev–Trinajstić information content (AvgIpc) is 3.32. The smallest absolute Gasteiger partial charge is 0.348 e. The summed E-state index contributed by atoms with van der Waals surface area (Å²) in [5.41, 5.74) is 2.61. The number of carboxylic acids is 1. The summed E-state index contributed by atoms with van der Waals surface area (Å²) in [5, 5.41) is 25.2. The van der Waals surface area contributed by atoms with Gasteiger partial charge < -0.3 is 25.3 Å². The Balaban J connectivity index is 1.50. The highest BCUT2D eigenvalue weighted by atomic mass is 16.4. The van der Waals surface area contributed by atoms with Crippen molar-refractivity contribution in [2.24, 2.45) is 0 Å². The molecule has 10 nitrogen and oxygen atoms in total. The van der Waals surface area contributed by atoms with Crippen molar-refractivity contribution >= 4 is 28.8 Å². The third kappa shape index (κ3) is 5.83. The van der Waals surface area contributed by atoms with E-state index >= 15 is 0 Å². The van der Waals surface area contributed by atoms with Gasteiger partial charge in [-0.15, -0.1) is 0 Å². The fourth-order valence-electron chi connectivity index (χ4n) is 4.49. The number of carbonyl (C=O) groups excluding carboxylic acids is 1.